The van der Waals surface area contributed by atoms with Gasteiger partial charge in [-0.3, -0.25) is 4.79 Å². The molecule has 244 valence electrons. The molecule has 0 spiro atoms. The number of rotatable bonds is 10. The Morgan fingerprint density at radius 2 is 1.87 bits per heavy atom. The number of carbonyl (C=O) groups excluding carboxylic acids is 2. The minimum atomic E-state index is -0.653. The van der Waals surface area contributed by atoms with Gasteiger partial charge in [-0.25, -0.2) is 9.48 Å². The molecular weight excluding hydrogens is 674 g/mol. The summed E-state index contributed by atoms with van der Waals surface area (Å²) in [5, 5.41) is 8.76. The van der Waals surface area contributed by atoms with Crippen LogP contribution in [0.3, 0.4) is 0 Å². The number of fused-ring (bicyclic) bond motifs is 1. The van der Waals surface area contributed by atoms with Crippen LogP contribution in [-0.4, -0.2) is 77.7 Å². The highest BCUT2D eigenvalue weighted by atomic mass is 79.9. The molecule has 0 radical (unpaired) electrons. The number of aromatic nitrogens is 3. The molecule has 1 aliphatic carbocycles. The van der Waals surface area contributed by atoms with Crippen molar-refractivity contribution in [1.82, 2.24) is 19.7 Å². The molecule has 13 heteroatoms. The SMILES string of the molecule is COc1cc(C2C(C(=O)OC3CCCCC3)=C(C)Nc3nc(SCc4ccccc4)nn32)cc(Br)c1OCC(=O)N1CCOCC1. The van der Waals surface area contributed by atoms with Gasteiger partial charge in [-0.1, -0.05) is 48.5 Å². The standard InChI is InChI=1S/C33H38BrN5O6S/c1-21-28(31(41)45-24-11-7-4-8-12-24)29(39-32(35-21)36-33(37-39)46-20-22-9-5-3-6-10-22)23-17-25(34)30(26(18-23)42-2)44-19-27(40)38-13-15-43-16-14-38/h3,5-6,9-10,17-18,24,29H,4,7-8,11-16,19-20H2,1-2H3,(H,35,36,37). The van der Waals surface area contributed by atoms with E-state index < -0.39 is 6.04 Å². The van der Waals surface area contributed by atoms with E-state index in [9.17, 15) is 9.59 Å². The van der Waals surface area contributed by atoms with Crippen molar-refractivity contribution in [3.05, 3.63) is 69.3 Å². The minimum absolute atomic E-state index is 0.114. The number of allylic oxidation sites excluding steroid dienone is 1. The summed E-state index contributed by atoms with van der Waals surface area (Å²) in [5.41, 5.74) is 2.98. The largest absolute Gasteiger partial charge is 0.493 e. The number of nitrogens with zero attached hydrogens (tertiary/aromatic N) is 4. The molecule has 6 rings (SSSR count). The van der Waals surface area contributed by atoms with Gasteiger partial charge in [-0.2, -0.15) is 4.98 Å². The second-order valence-electron chi connectivity index (χ2n) is 11.5. The summed E-state index contributed by atoms with van der Waals surface area (Å²) >= 11 is 5.17. The Morgan fingerprint density at radius 1 is 1.11 bits per heavy atom. The third kappa shape index (κ3) is 7.37. The molecule has 3 aliphatic rings. The number of hydrogen-bond donors (Lipinski definition) is 1. The van der Waals surface area contributed by atoms with Gasteiger partial charge in [0.1, 0.15) is 12.1 Å². The fourth-order valence-electron chi connectivity index (χ4n) is 5.96. The quantitative estimate of drug-likeness (QED) is 0.206. The number of nitrogens with one attached hydrogen (secondary N) is 1. The smallest absolute Gasteiger partial charge is 0.338 e. The third-order valence-electron chi connectivity index (χ3n) is 8.36. The van der Waals surface area contributed by atoms with Crippen molar-refractivity contribution >= 4 is 45.5 Å². The molecular formula is C33H38BrN5O6S. The molecule has 3 heterocycles. The number of esters is 1. The fourth-order valence-corrected chi connectivity index (χ4v) is 7.32. The molecule has 1 unspecified atom stereocenters. The Bertz CT molecular complexity index is 1590. The Balaban J connectivity index is 1.31. The number of anilines is 1. The average Bonchev–Trinajstić information content (AvgIpc) is 3.49. The maximum Gasteiger partial charge on any atom is 0.338 e. The van der Waals surface area contributed by atoms with Crippen LogP contribution < -0.4 is 14.8 Å². The number of halogens is 1. The summed E-state index contributed by atoms with van der Waals surface area (Å²) < 4.78 is 25.5. The number of ether oxygens (including phenoxy) is 4. The lowest BCUT2D eigenvalue weighted by Gasteiger charge is -2.30. The topological polar surface area (TPSA) is 117 Å². The zero-order valence-electron chi connectivity index (χ0n) is 26.0. The maximum atomic E-state index is 13.9. The van der Waals surface area contributed by atoms with E-state index in [4.69, 9.17) is 29.0 Å². The molecule has 11 nitrogen and oxygen atoms in total. The summed E-state index contributed by atoms with van der Waals surface area (Å²) in [6, 6.07) is 13.2. The lowest BCUT2D eigenvalue weighted by molar-refractivity contribution is -0.146. The number of amides is 1. The van der Waals surface area contributed by atoms with Crippen LogP contribution in [0.2, 0.25) is 0 Å². The summed E-state index contributed by atoms with van der Waals surface area (Å²) in [6.07, 6.45) is 4.86. The first-order chi connectivity index (χ1) is 22.4. The van der Waals surface area contributed by atoms with E-state index in [0.29, 0.717) is 70.4 Å². The van der Waals surface area contributed by atoms with E-state index in [1.54, 1.807) is 16.7 Å². The second kappa shape index (κ2) is 14.9. The van der Waals surface area contributed by atoms with Gasteiger partial charge in [-0.05, 0) is 71.8 Å². The molecule has 1 saturated carbocycles. The van der Waals surface area contributed by atoms with E-state index >= 15 is 0 Å². The molecule has 1 N–H and O–H groups in total. The Hall–Kier alpha value is -3.55. The molecule has 1 aromatic heterocycles. The lowest BCUT2D eigenvalue weighted by Crippen LogP contribution is -2.43. The van der Waals surface area contributed by atoms with Crippen molar-refractivity contribution in [3.8, 4) is 11.5 Å². The van der Waals surface area contributed by atoms with Crippen molar-refractivity contribution in [2.75, 3.05) is 45.3 Å². The van der Waals surface area contributed by atoms with Gasteiger partial charge in [-0.15, -0.1) is 5.10 Å². The first-order valence-corrected chi connectivity index (χ1v) is 17.4. The van der Waals surface area contributed by atoms with Gasteiger partial charge in [0.2, 0.25) is 11.1 Å². The van der Waals surface area contributed by atoms with Gasteiger partial charge >= 0.3 is 5.97 Å². The fraction of sp³-hybridized carbons (Fsp3) is 0.455. The number of hydrogen-bond acceptors (Lipinski definition) is 10. The maximum absolute atomic E-state index is 13.9. The van der Waals surface area contributed by atoms with E-state index in [1.807, 2.05) is 37.3 Å². The monoisotopic (exact) mass is 711 g/mol. The van der Waals surface area contributed by atoms with Crippen LogP contribution >= 0.6 is 27.7 Å². The van der Waals surface area contributed by atoms with Crippen LogP contribution in [0.1, 0.15) is 56.2 Å². The summed E-state index contributed by atoms with van der Waals surface area (Å²) in [6.45, 7) is 3.81. The van der Waals surface area contributed by atoms with Crippen molar-refractivity contribution < 1.29 is 28.5 Å². The van der Waals surface area contributed by atoms with E-state index in [1.165, 1.54) is 11.8 Å². The number of morpholine rings is 1. The van der Waals surface area contributed by atoms with Crippen molar-refractivity contribution in [1.29, 1.82) is 0 Å². The van der Waals surface area contributed by atoms with Crippen LogP contribution in [-0.2, 0) is 24.8 Å². The van der Waals surface area contributed by atoms with E-state index in [2.05, 4.69) is 33.4 Å². The highest BCUT2D eigenvalue weighted by molar-refractivity contribution is 9.10. The highest BCUT2D eigenvalue weighted by Crippen LogP contribution is 2.43. The zero-order valence-corrected chi connectivity index (χ0v) is 28.4. The van der Waals surface area contributed by atoms with Gasteiger partial charge < -0.3 is 29.2 Å². The molecule has 2 aromatic carbocycles. The summed E-state index contributed by atoms with van der Waals surface area (Å²) in [5.74, 6) is 1.53. The second-order valence-corrected chi connectivity index (χ2v) is 13.3. The number of methoxy groups -OCH3 is 1. The Kier molecular flexibility index (Phi) is 10.5. The average molecular weight is 713 g/mol. The predicted octanol–water partition coefficient (Wildman–Crippen LogP) is 5.74. The number of benzene rings is 2. The van der Waals surface area contributed by atoms with Crippen LogP contribution in [0.4, 0.5) is 5.95 Å². The van der Waals surface area contributed by atoms with Gasteiger partial charge in [0.05, 0.1) is 30.4 Å². The molecule has 46 heavy (non-hydrogen) atoms. The summed E-state index contributed by atoms with van der Waals surface area (Å²) in [7, 11) is 1.54. The zero-order chi connectivity index (χ0) is 32.0. The van der Waals surface area contributed by atoms with E-state index in [0.717, 1.165) is 43.2 Å². The minimum Gasteiger partial charge on any atom is -0.493 e. The number of thioether (sulfide) groups is 1. The first kappa shape index (κ1) is 32.4. The molecule has 2 fully saturated rings. The lowest BCUT2D eigenvalue weighted by atomic mass is 9.94. The van der Waals surface area contributed by atoms with Crippen molar-refractivity contribution in [3.63, 3.8) is 0 Å². The first-order valence-electron chi connectivity index (χ1n) is 15.6. The molecule has 1 saturated heterocycles. The van der Waals surface area contributed by atoms with Gasteiger partial charge in [0, 0.05) is 24.5 Å². The normalized spacial score (nSPS) is 18.5. The van der Waals surface area contributed by atoms with Crippen molar-refractivity contribution in [2.45, 2.75) is 62.1 Å². The van der Waals surface area contributed by atoms with Crippen LogP contribution in [0.5, 0.6) is 11.5 Å². The highest BCUT2D eigenvalue weighted by Gasteiger charge is 2.37. The van der Waals surface area contributed by atoms with Crippen LogP contribution in [0, 0.1) is 0 Å². The third-order valence-corrected chi connectivity index (χ3v) is 9.86. The number of carbonyl (C=O) groups is 2. The van der Waals surface area contributed by atoms with Gasteiger partial charge in [0.25, 0.3) is 5.91 Å². The Morgan fingerprint density at radius 3 is 2.61 bits per heavy atom. The molecule has 3 aromatic rings. The molecule has 0 bridgehead atoms. The van der Waals surface area contributed by atoms with Crippen molar-refractivity contribution in [2.24, 2.45) is 0 Å². The predicted molar refractivity (Wildman–Crippen MR) is 177 cm³/mol. The molecule has 1 atom stereocenters. The molecule has 1 amide bonds. The Labute approximate surface area is 281 Å². The van der Waals surface area contributed by atoms with E-state index in [-0.39, 0.29) is 24.6 Å². The van der Waals surface area contributed by atoms with Crippen LogP contribution in [0.25, 0.3) is 0 Å². The molecule has 2 aliphatic heterocycles. The van der Waals surface area contributed by atoms with Crippen LogP contribution in [0.15, 0.2) is 63.4 Å². The summed E-state index contributed by atoms with van der Waals surface area (Å²) in [4.78, 5) is 33.2. The van der Waals surface area contributed by atoms with Gasteiger partial charge in [0.15, 0.2) is 18.1 Å².